The summed E-state index contributed by atoms with van der Waals surface area (Å²) in [5, 5.41) is 13.8. The van der Waals surface area contributed by atoms with Gasteiger partial charge in [0.05, 0.1) is 18.1 Å². The van der Waals surface area contributed by atoms with Crippen LogP contribution in [0.25, 0.3) is 0 Å². The van der Waals surface area contributed by atoms with Gasteiger partial charge in [0.25, 0.3) is 5.97 Å². The molecule has 2 heterocycles. The Bertz CT molecular complexity index is 555. The summed E-state index contributed by atoms with van der Waals surface area (Å²) in [4.78, 5) is 36.4. The zero-order valence-electron chi connectivity index (χ0n) is 18.1. The highest BCUT2D eigenvalue weighted by atomic mass is 16.4. The van der Waals surface area contributed by atoms with E-state index in [1.54, 1.807) is 0 Å². The fourth-order valence-corrected chi connectivity index (χ4v) is 3.67. The molecule has 2 amide bonds. The van der Waals surface area contributed by atoms with Gasteiger partial charge in [0.1, 0.15) is 6.04 Å². The van der Waals surface area contributed by atoms with Crippen LogP contribution in [0.5, 0.6) is 0 Å². The summed E-state index contributed by atoms with van der Waals surface area (Å²) in [7, 11) is 0. The lowest BCUT2D eigenvalue weighted by Crippen LogP contribution is -2.61. The lowest BCUT2D eigenvalue weighted by Gasteiger charge is -2.31. The van der Waals surface area contributed by atoms with E-state index in [4.69, 9.17) is 15.6 Å². The molecule has 28 heavy (non-hydrogen) atoms. The minimum atomic E-state index is -0.833. The maximum Gasteiger partial charge on any atom is 0.300 e. The van der Waals surface area contributed by atoms with Gasteiger partial charge in [-0.1, -0.05) is 20.3 Å². The number of unbranched alkanes of at least 4 members (excludes halogenated alkanes) is 1. The number of hydrogen-bond donors (Lipinski definition) is 4. The van der Waals surface area contributed by atoms with Crippen molar-refractivity contribution in [3.05, 3.63) is 0 Å². The molecule has 0 aromatic heterocycles. The van der Waals surface area contributed by atoms with Crippen LogP contribution in [0.3, 0.4) is 0 Å². The molecule has 8 nitrogen and oxygen atoms in total. The van der Waals surface area contributed by atoms with E-state index in [1.807, 2.05) is 25.7 Å². The number of nitrogens with one attached hydrogen (secondary N) is 2. The van der Waals surface area contributed by atoms with Gasteiger partial charge in [0, 0.05) is 12.5 Å². The van der Waals surface area contributed by atoms with Crippen molar-refractivity contribution in [2.24, 2.45) is 11.7 Å². The van der Waals surface area contributed by atoms with Crippen molar-refractivity contribution in [1.82, 2.24) is 15.5 Å². The molecule has 2 aliphatic rings. The number of aliphatic carboxylic acids is 1. The first-order chi connectivity index (χ1) is 12.9. The number of nitrogens with two attached hydrogens (primary N) is 1. The summed E-state index contributed by atoms with van der Waals surface area (Å²) < 4.78 is 0. The second kappa shape index (κ2) is 10.2. The third kappa shape index (κ3) is 7.39. The summed E-state index contributed by atoms with van der Waals surface area (Å²) >= 11 is 0. The Hall–Kier alpha value is -1.67. The van der Waals surface area contributed by atoms with Gasteiger partial charge in [-0.05, 0) is 52.5 Å². The minimum absolute atomic E-state index is 0.0000750. The van der Waals surface area contributed by atoms with E-state index in [0.29, 0.717) is 12.5 Å². The van der Waals surface area contributed by atoms with Crippen molar-refractivity contribution >= 4 is 17.8 Å². The number of nitrogens with zero attached hydrogens (tertiary/aromatic N) is 1. The standard InChI is InChI=1S/C18H34N4O2.C2H4O2/c1-11(2)10-13-15-14(16(23)21-18(3,4)5)20-12(8-6-7-9-19)17(24)22(13)15;1-2(3)4/h11-15,20H,6-10,19H2,1-5H3,(H,21,23);1H3,(H,3,4)/t12-,13-,14-,15+,22?;/m0./s1. The Morgan fingerprint density at radius 2 is 1.86 bits per heavy atom. The van der Waals surface area contributed by atoms with Gasteiger partial charge in [-0.15, -0.1) is 0 Å². The van der Waals surface area contributed by atoms with Crippen LogP contribution in [-0.2, 0) is 14.4 Å². The zero-order chi connectivity index (χ0) is 21.6. The van der Waals surface area contributed by atoms with Crippen molar-refractivity contribution < 1.29 is 19.5 Å². The minimum Gasteiger partial charge on any atom is -0.481 e. The first-order valence-corrected chi connectivity index (χ1v) is 10.2. The Kier molecular flexibility index (Phi) is 8.88. The summed E-state index contributed by atoms with van der Waals surface area (Å²) in [5.74, 6) is -0.169. The Morgan fingerprint density at radius 1 is 1.29 bits per heavy atom. The summed E-state index contributed by atoms with van der Waals surface area (Å²) in [6, 6.07) is -0.373. The SMILES string of the molecule is CC(=O)O.CC(C)C[C@H]1[C@@H]2[C@@H](C(=O)NC(C)(C)C)N[C@@H](CCCCN)C(=O)N21. The summed E-state index contributed by atoms with van der Waals surface area (Å²) in [5.41, 5.74) is 5.28. The predicted octanol–water partition coefficient (Wildman–Crippen LogP) is 1.09. The Balaban J connectivity index is 0.000000892. The highest BCUT2D eigenvalue weighted by molar-refractivity contribution is 5.92. The molecule has 0 spiro atoms. The van der Waals surface area contributed by atoms with E-state index in [0.717, 1.165) is 32.6 Å². The predicted molar refractivity (Wildman–Crippen MR) is 109 cm³/mol. The van der Waals surface area contributed by atoms with Crippen LogP contribution in [0, 0.1) is 5.92 Å². The van der Waals surface area contributed by atoms with Gasteiger partial charge < -0.3 is 21.1 Å². The van der Waals surface area contributed by atoms with E-state index in [1.165, 1.54) is 0 Å². The van der Waals surface area contributed by atoms with Crippen LogP contribution in [0.4, 0.5) is 0 Å². The van der Waals surface area contributed by atoms with Crippen LogP contribution in [0.15, 0.2) is 0 Å². The van der Waals surface area contributed by atoms with Crippen molar-refractivity contribution in [3.63, 3.8) is 0 Å². The molecule has 4 atom stereocenters. The van der Waals surface area contributed by atoms with E-state index >= 15 is 0 Å². The number of fused-ring (bicyclic) bond motifs is 1. The summed E-state index contributed by atoms with van der Waals surface area (Å²) in [6.07, 6.45) is 3.50. The smallest absolute Gasteiger partial charge is 0.300 e. The van der Waals surface area contributed by atoms with E-state index in [2.05, 4.69) is 24.5 Å². The molecule has 0 saturated carbocycles. The summed E-state index contributed by atoms with van der Waals surface area (Å²) in [6.45, 7) is 12.0. The van der Waals surface area contributed by atoms with Crippen LogP contribution in [0.1, 0.15) is 67.2 Å². The fourth-order valence-electron chi connectivity index (χ4n) is 3.67. The second-order valence-corrected chi connectivity index (χ2v) is 9.17. The molecule has 2 saturated heterocycles. The first-order valence-electron chi connectivity index (χ1n) is 10.2. The number of carboxylic acid groups (broad SMARTS) is 1. The maximum atomic E-state index is 12.7. The number of carboxylic acids is 1. The molecule has 0 aromatic carbocycles. The van der Waals surface area contributed by atoms with Crippen LogP contribution >= 0.6 is 0 Å². The highest BCUT2D eigenvalue weighted by Gasteiger charge is 2.61. The zero-order valence-corrected chi connectivity index (χ0v) is 18.1. The molecule has 0 bridgehead atoms. The van der Waals surface area contributed by atoms with Crippen LogP contribution in [0.2, 0.25) is 0 Å². The van der Waals surface area contributed by atoms with Gasteiger partial charge >= 0.3 is 0 Å². The molecular weight excluding hydrogens is 360 g/mol. The van der Waals surface area contributed by atoms with Gasteiger partial charge in [-0.2, -0.15) is 0 Å². The molecule has 0 aromatic rings. The van der Waals surface area contributed by atoms with E-state index in [-0.39, 0.29) is 41.5 Å². The largest absolute Gasteiger partial charge is 0.481 e. The third-order valence-electron chi connectivity index (χ3n) is 4.70. The van der Waals surface area contributed by atoms with Crippen LogP contribution in [-0.4, -0.2) is 64.0 Å². The number of rotatable bonds is 7. The van der Waals surface area contributed by atoms with Gasteiger partial charge in [-0.25, -0.2) is 0 Å². The molecular formula is C20H38N4O4. The average molecular weight is 399 g/mol. The van der Waals surface area contributed by atoms with Crippen molar-refractivity contribution in [2.45, 2.75) is 96.9 Å². The molecule has 2 rings (SSSR count). The van der Waals surface area contributed by atoms with Crippen LogP contribution < -0.4 is 16.4 Å². The van der Waals surface area contributed by atoms with Gasteiger partial charge in [0.15, 0.2) is 0 Å². The van der Waals surface area contributed by atoms with Crippen molar-refractivity contribution in [2.75, 3.05) is 6.54 Å². The molecule has 0 radical (unpaired) electrons. The van der Waals surface area contributed by atoms with Crippen molar-refractivity contribution in [3.8, 4) is 0 Å². The molecule has 0 unspecified atom stereocenters. The topological polar surface area (TPSA) is 125 Å². The Morgan fingerprint density at radius 3 is 2.32 bits per heavy atom. The average Bonchev–Trinajstić information content (AvgIpc) is 3.20. The van der Waals surface area contributed by atoms with E-state index < -0.39 is 5.97 Å². The molecule has 2 fully saturated rings. The van der Waals surface area contributed by atoms with Gasteiger partial charge in [0.2, 0.25) is 11.8 Å². The lowest BCUT2D eigenvalue weighted by atomic mass is 9.99. The number of carbonyl (C=O) groups excluding carboxylic acids is 2. The molecule has 5 N–H and O–H groups in total. The Labute approximate surface area is 168 Å². The second-order valence-electron chi connectivity index (χ2n) is 9.17. The maximum absolute atomic E-state index is 12.7. The number of piperazine rings is 1. The highest BCUT2D eigenvalue weighted by Crippen LogP contribution is 2.40. The normalized spacial score (nSPS) is 26.3. The van der Waals surface area contributed by atoms with E-state index in [9.17, 15) is 9.59 Å². The lowest BCUT2D eigenvalue weighted by molar-refractivity contribution is -0.135. The molecule has 2 aliphatic heterocycles. The molecule has 0 aliphatic carbocycles. The fraction of sp³-hybridized carbons (Fsp3) is 0.850. The molecule has 8 heteroatoms. The molecule has 162 valence electrons. The quantitative estimate of drug-likeness (QED) is 0.376. The van der Waals surface area contributed by atoms with Gasteiger partial charge in [-0.3, -0.25) is 19.7 Å². The number of hydrogen-bond acceptors (Lipinski definition) is 5. The number of amides is 2. The monoisotopic (exact) mass is 398 g/mol. The third-order valence-corrected chi connectivity index (χ3v) is 4.70. The van der Waals surface area contributed by atoms with Crippen molar-refractivity contribution in [1.29, 1.82) is 0 Å². The first kappa shape index (κ1) is 24.4. The number of carbonyl (C=O) groups is 3.